The third kappa shape index (κ3) is 2.97. The molecule has 0 saturated heterocycles. The second-order valence-electron chi connectivity index (χ2n) is 3.62. The highest BCUT2D eigenvalue weighted by Crippen LogP contribution is 2.33. The van der Waals surface area contributed by atoms with E-state index in [1.807, 2.05) is 12.1 Å². The predicted octanol–water partition coefficient (Wildman–Crippen LogP) is 3.77. The van der Waals surface area contributed by atoms with Crippen LogP contribution in [0.2, 0.25) is 5.02 Å². The molecule has 0 aromatic heterocycles. The molecular weight excluding hydrogens is 270 g/mol. The zero-order chi connectivity index (χ0) is 13.1. The summed E-state index contributed by atoms with van der Waals surface area (Å²) < 4.78 is 0. The fourth-order valence-corrected chi connectivity index (χ4v) is 2.76. The summed E-state index contributed by atoms with van der Waals surface area (Å²) >= 11 is 7.22. The lowest BCUT2D eigenvalue weighted by molar-refractivity contribution is 0.0693. The number of hydrogen-bond donors (Lipinski definition) is 2. The van der Waals surface area contributed by atoms with E-state index in [4.69, 9.17) is 22.4 Å². The molecule has 3 N–H and O–H groups in total. The number of halogens is 1. The number of carboxylic acids is 1. The first-order valence-electron chi connectivity index (χ1n) is 5.12. The van der Waals surface area contributed by atoms with Gasteiger partial charge in [-0.2, -0.15) is 0 Å². The Bertz CT molecular complexity index is 601. The Morgan fingerprint density at radius 3 is 2.67 bits per heavy atom. The zero-order valence-electron chi connectivity index (χ0n) is 9.26. The molecule has 0 fully saturated rings. The molecule has 0 atom stereocenters. The summed E-state index contributed by atoms with van der Waals surface area (Å²) in [6.45, 7) is 0. The molecule has 0 spiro atoms. The standard InChI is InChI=1S/C13H10ClNO2S/c14-8-2-1-3-10(6-8)18-12-7-9(15)4-5-11(12)13(16)17/h1-7H,15H2,(H,16,17). The first-order chi connectivity index (χ1) is 8.56. The summed E-state index contributed by atoms with van der Waals surface area (Å²) in [5.41, 5.74) is 6.44. The number of benzene rings is 2. The average molecular weight is 280 g/mol. The van der Waals surface area contributed by atoms with Crippen LogP contribution in [0.3, 0.4) is 0 Å². The van der Waals surface area contributed by atoms with E-state index in [2.05, 4.69) is 0 Å². The Labute approximate surface area is 114 Å². The maximum absolute atomic E-state index is 11.1. The predicted molar refractivity (Wildman–Crippen MR) is 73.4 cm³/mol. The zero-order valence-corrected chi connectivity index (χ0v) is 10.8. The van der Waals surface area contributed by atoms with Crippen LogP contribution in [0.4, 0.5) is 5.69 Å². The quantitative estimate of drug-likeness (QED) is 0.840. The van der Waals surface area contributed by atoms with E-state index in [0.717, 1.165) is 4.90 Å². The van der Waals surface area contributed by atoms with Crippen molar-refractivity contribution in [2.24, 2.45) is 0 Å². The van der Waals surface area contributed by atoms with E-state index < -0.39 is 5.97 Å². The molecule has 0 bridgehead atoms. The lowest BCUT2D eigenvalue weighted by Crippen LogP contribution is -1.99. The molecule has 92 valence electrons. The van der Waals surface area contributed by atoms with Crippen molar-refractivity contribution in [2.75, 3.05) is 5.73 Å². The van der Waals surface area contributed by atoms with Crippen molar-refractivity contribution in [3.63, 3.8) is 0 Å². The van der Waals surface area contributed by atoms with E-state index in [1.54, 1.807) is 24.3 Å². The summed E-state index contributed by atoms with van der Waals surface area (Å²) in [5.74, 6) is -0.973. The van der Waals surface area contributed by atoms with E-state index in [-0.39, 0.29) is 5.56 Å². The van der Waals surface area contributed by atoms with Gasteiger partial charge in [0.1, 0.15) is 0 Å². The molecule has 5 heteroatoms. The summed E-state index contributed by atoms with van der Waals surface area (Å²) in [6, 6.07) is 12.0. The first-order valence-corrected chi connectivity index (χ1v) is 6.32. The molecule has 2 aromatic carbocycles. The third-order valence-corrected chi connectivity index (χ3v) is 3.54. The first kappa shape index (κ1) is 12.8. The normalized spacial score (nSPS) is 10.3. The molecule has 0 aliphatic heterocycles. The average Bonchev–Trinajstić information content (AvgIpc) is 2.28. The number of carboxylic acid groups (broad SMARTS) is 1. The van der Waals surface area contributed by atoms with E-state index >= 15 is 0 Å². The second-order valence-corrected chi connectivity index (χ2v) is 5.17. The van der Waals surface area contributed by atoms with Gasteiger partial charge in [-0.05, 0) is 36.4 Å². The van der Waals surface area contributed by atoms with Crippen LogP contribution < -0.4 is 5.73 Å². The van der Waals surface area contributed by atoms with E-state index in [1.165, 1.54) is 17.8 Å². The number of hydrogen-bond acceptors (Lipinski definition) is 3. The molecule has 0 amide bonds. The molecule has 2 rings (SSSR count). The number of nitrogen functional groups attached to an aromatic ring is 1. The van der Waals surface area contributed by atoms with Gasteiger partial charge in [-0.15, -0.1) is 0 Å². The van der Waals surface area contributed by atoms with Crippen LogP contribution in [0.25, 0.3) is 0 Å². The number of nitrogens with two attached hydrogens (primary N) is 1. The van der Waals surface area contributed by atoms with Crippen LogP contribution in [0.1, 0.15) is 10.4 Å². The Kier molecular flexibility index (Phi) is 3.79. The van der Waals surface area contributed by atoms with Gasteiger partial charge in [0, 0.05) is 20.5 Å². The number of carbonyl (C=O) groups is 1. The molecule has 0 radical (unpaired) electrons. The van der Waals surface area contributed by atoms with Crippen molar-refractivity contribution < 1.29 is 9.90 Å². The number of anilines is 1. The topological polar surface area (TPSA) is 63.3 Å². The van der Waals surface area contributed by atoms with Crippen molar-refractivity contribution >= 4 is 35.0 Å². The van der Waals surface area contributed by atoms with Gasteiger partial charge in [-0.1, -0.05) is 29.4 Å². The minimum atomic E-state index is -0.973. The van der Waals surface area contributed by atoms with Crippen molar-refractivity contribution in [1.82, 2.24) is 0 Å². The van der Waals surface area contributed by atoms with Crippen molar-refractivity contribution in [3.05, 3.63) is 53.1 Å². The minimum absolute atomic E-state index is 0.231. The third-order valence-electron chi connectivity index (χ3n) is 2.26. The lowest BCUT2D eigenvalue weighted by atomic mass is 10.2. The molecule has 0 heterocycles. The van der Waals surface area contributed by atoms with Crippen molar-refractivity contribution in [1.29, 1.82) is 0 Å². The van der Waals surface area contributed by atoms with Gasteiger partial charge in [0.15, 0.2) is 0 Å². The smallest absolute Gasteiger partial charge is 0.336 e. The molecule has 18 heavy (non-hydrogen) atoms. The maximum Gasteiger partial charge on any atom is 0.336 e. The van der Waals surface area contributed by atoms with Crippen LogP contribution in [0.15, 0.2) is 52.3 Å². The van der Waals surface area contributed by atoms with Crippen LogP contribution in [0.5, 0.6) is 0 Å². The largest absolute Gasteiger partial charge is 0.478 e. The van der Waals surface area contributed by atoms with Gasteiger partial charge in [-0.25, -0.2) is 4.79 Å². The lowest BCUT2D eigenvalue weighted by Gasteiger charge is -2.07. The molecule has 3 nitrogen and oxygen atoms in total. The highest BCUT2D eigenvalue weighted by Gasteiger charge is 2.11. The SMILES string of the molecule is Nc1ccc(C(=O)O)c(Sc2cccc(Cl)c2)c1. The van der Waals surface area contributed by atoms with Gasteiger partial charge in [0.05, 0.1) is 5.56 Å². The summed E-state index contributed by atoms with van der Waals surface area (Å²) in [6.07, 6.45) is 0. The molecule has 2 aromatic rings. The van der Waals surface area contributed by atoms with Crippen molar-refractivity contribution in [3.8, 4) is 0 Å². The van der Waals surface area contributed by atoms with Crippen LogP contribution in [-0.4, -0.2) is 11.1 Å². The molecule has 0 saturated carbocycles. The highest BCUT2D eigenvalue weighted by atomic mass is 35.5. The minimum Gasteiger partial charge on any atom is -0.478 e. The van der Waals surface area contributed by atoms with Gasteiger partial charge < -0.3 is 10.8 Å². The van der Waals surface area contributed by atoms with Crippen molar-refractivity contribution in [2.45, 2.75) is 9.79 Å². The van der Waals surface area contributed by atoms with Crippen LogP contribution in [-0.2, 0) is 0 Å². The Morgan fingerprint density at radius 2 is 2.00 bits per heavy atom. The van der Waals surface area contributed by atoms with Crippen LogP contribution in [0, 0.1) is 0 Å². The highest BCUT2D eigenvalue weighted by molar-refractivity contribution is 7.99. The van der Waals surface area contributed by atoms with E-state index in [9.17, 15) is 4.79 Å². The summed E-state index contributed by atoms with van der Waals surface area (Å²) in [4.78, 5) is 12.6. The van der Waals surface area contributed by atoms with Gasteiger partial charge in [0.2, 0.25) is 0 Å². The maximum atomic E-state index is 11.1. The second kappa shape index (κ2) is 5.33. The fraction of sp³-hybridized carbons (Fsp3) is 0. The van der Waals surface area contributed by atoms with Gasteiger partial charge in [0.25, 0.3) is 0 Å². The van der Waals surface area contributed by atoms with Gasteiger partial charge in [-0.3, -0.25) is 0 Å². The summed E-state index contributed by atoms with van der Waals surface area (Å²) in [7, 11) is 0. The van der Waals surface area contributed by atoms with Gasteiger partial charge >= 0.3 is 5.97 Å². The Balaban J connectivity index is 2.39. The Morgan fingerprint density at radius 1 is 1.22 bits per heavy atom. The number of aromatic carboxylic acids is 1. The molecule has 0 aliphatic rings. The summed E-state index contributed by atoms with van der Waals surface area (Å²) in [5, 5.41) is 9.72. The molecule has 0 aliphatic carbocycles. The number of rotatable bonds is 3. The Hall–Kier alpha value is -1.65. The molecular formula is C13H10ClNO2S. The molecule has 0 unspecified atom stereocenters. The van der Waals surface area contributed by atoms with E-state index in [0.29, 0.717) is 15.6 Å². The fourth-order valence-electron chi connectivity index (χ4n) is 1.46. The van der Waals surface area contributed by atoms with Crippen LogP contribution >= 0.6 is 23.4 Å². The monoisotopic (exact) mass is 279 g/mol.